The first-order valence-electron chi connectivity index (χ1n) is 5.23. The van der Waals surface area contributed by atoms with Crippen LogP contribution in [0.5, 0.6) is 0 Å². The highest BCUT2D eigenvalue weighted by Gasteiger charge is 2.93. The van der Waals surface area contributed by atoms with Gasteiger partial charge in [-0.3, -0.25) is 0 Å². The van der Waals surface area contributed by atoms with Gasteiger partial charge in [0.1, 0.15) is 11.2 Å². The Morgan fingerprint density at radius 2 is 1.42 bits per heavy atom. The van der Waals surface area contributed by atoms with Crippen molar-refractivity contribution in [3.05, 3.63) is 0 Å². The number of epoxide rings is 2. The summed E-state index contributed by atoms with van der Waals surface area (Å²) in [6.45, 7) is 0. The van der Waals surface area contributed by atoms with Crippen LogP contribution < -0.4 is 0 Å². The van der Waals surface area contributed by atoms with Crippen LogP contribution in [0.15, 0.2) is 0 Å². The van der Waals surface area contributed by atoms with Crippen LogP contribution in [-0.4, -0.2) is 23.4 Å². The third kappa shape index (κ3) is 0.293. The normalized spacial score (nSPS) is 80.0. The lowest BCUT2D eigenvalue weighted by molar-refractivity contribution is 0.100. The van der Waals surface area contributed by atoms with Gasteiger partial charge >= 0.3 is 0 Å². The maximum atomic E-state index is 5.92. The van der Waals surface area contributed by atoms with Crippen LogP contribution in [0, 0.1) is 11.8 Å². The Kier molecular flexibility index (Phi) is 0.561. The van der Waals surface area contributed by atoms with Gasteiger partial charge < -0.3 is 9.47 Å². The predicted octanol–water partition coefficient (Wildman–Crippen LogP) is 1.10. The zero-order chi connectivity index (χ0) is 7.55. The molecular weight excluding hydrogens is 152 g/mol. The third-order valence-corrected chi connectivity index (χ3v) is 5.20. The van der Waals surface area contributed by atoms with E-state index in [2.05, 4.69) is 0 Å². The van der Waals surface area contributed by atoms with Crippen molar-refractivity contribution < 1.29 is 9.47 Å². The molecule has 5 fully saturated rings. The molecule has 0 aromatic heterocycles. The summed E-state index contributed by atoms with van der Waals surface area (Å²) in [4.78, 5) is 0. The fourth-order valence-corrected chi connectivity index (χ4v) is 4.85. The average molecular weight is 164 g/mol. The van der Waals surface area contributed by atoms with Crippen molar-refractivity contribution in [2.45, 2.75) is 49.1 Å². The topological polar surface area (TPSA) is 25.1 Å². The van der Waals surface area contributed by atoms with E-state index in [4.69, 9.17) is 9.47 Å². The third-order valence-electron chi connectivity index (χ3n) is 5.20. The summed E-state index contributed by atoms with van der Waals surface area (Å²) in [7, 11) is 0. The van der Waals surface area contributed by atoms with Crippen molar-refractivity contribution in [3.63, 3.8) is 0 Å². The van der Waals surface area contributed by atoms with Crippen LogP contribution in [0.25, 0.3) is 0 Å². The molecule has 0 amide bonds. The summed E-state index contributed by atoms with van der Waals surface area (Å²) in [5, 5.41) is 0. The highest BCUT2D eigenvalue weighted by molar-refractivity contribution is 5.41. The molecule has 2 heteroatoms. The average Bonchev–Trinajstić information content (AvgIpc) is 2.84. The Labute approximate surface area is 71.2 Å². The quantitative estimate of drug-likeness (QED) is 0.501. The second-order valence-corrected chi connectivity index (χ2v) is 5.24. The van der Waals surface area contributed by atoms with Gasteiger partial charge in [0.05, 0.1) is 12.2 Å². The Morgan fingerprint density at radius 1 is 0.833 bits per heavy atom. The van der Waals surface area contributed by atoms with Gasteiger partial charge in [0.2, 0.25) is 0 Å². The largest absolute Gasteiger partial charge is 0.362 e. The number of rotatable bonds is 0. The standard InChI is InChI=1S/C10H12O2/c1-2-6-3-5(1)9-7(11-9)4-8-10(6,9)12-8/h5-8H,1-4H2/t5-,6+,7-,8-,9-,10-/m0/s1. The van der Waals surface area contributed by atoms with Gasteiger partial charge in [-0.1, -0.05) is 0 Å². The van der Waals surface area contributed by atoms with Gasteiger partial charge in [-0.05, 0) is 31.1 Å². The van der Waals surface area contributed by atoms with Crippen LogP contribution in [0.1, 0.15) is 25.7 Å². The first-order chi connectivity index (χ1) is 5.88. The molecule has 0 aromatic carbocycles. The molecule has 2 heterocycles. The molecule has 2 aliphatic heterocycles. The molecule has 5 aliphatic rings. The Morgan fingerprint density at radius 3 is 2.00 bits per heavy atom. The van der Waals surface area contributed by atoms with E-state index in [0.29, 0.717) is 12.2 Å². The summed E-state index contributed by atoms with van der Waals surface area (Å²) in [5.41, 5.74) is 0.557. The zero-order valence-corrected chi connectivity index (χ0v) is 6.95. The minimum absolute atomic E-state index is 0.278. The number of hydrogen-bond donors (Lipinski definition) is 0. The molecule has 0 radical (unpaired) electrons. The van der Waals surface area contributed by atoms with Crippen LogP contribution >= 0.6 is 0 Å². The van der Waals surface area contributed by atoms with Gasteiger partial charge in [-0.2, -0.15) is 0 Å². The minimum Gasteiger partial charge on any atom is -0.362 e. The highest BCUT2D eigenvalue weighted by Crippen LogP contribution is 2.80. The predicted molar refractivity (Wildman–Crippen MR) is 40.7 cm³/mol. The van der Waals surface area contributed by atoms with Gasteiger partial charge in [-0.15, -0.1) is 0 Å². The molecule has 6 atom stereocenters. The summed E-state index contributed by atoms with van der Waals surface area (Å²) in [5.74, 6) is 1.75. The summed E-state index contributed by atoms with van der Waals surface area (Å²) >= 11 is 0. The van der Waals surface area contributed by atoms with Crippen LogP contribution in [-0.2, 0) is 9.47 Å². The van der Waals surface area contributed by atoms with Gasteiger partial charge in [-0.25, -0.2) is 0 Å². The van der Waals surface area contributed by atoms with E-state index in [1.165, 1.54) is 25.7 Å². The second kappa shape index (κ2) is 1.20. The van der Waals surface area contributed by atoms with Crippen molar-refractivity contribution in [2.24, 2.45) is 11.8 Å². The Hall–Kier alpha value is -0.0800. The molecule has 12 heavy (non-hydrogen) atoms. The lowest BCUT2D eigenvalue weighted by Crippen LogP contribution is -2.39. The van der Waals surface area contributed by atoms with Crippen molar-refractivity contribution in [1.29, 1.82) is 0 Å². The first kappa shape index (κ1) is 5.61. The molecule has 3 saturated carbocycles. The number of hydrogen-bond acceptors (Lipinski definition) is 2. The highest BCUT2D eigenvalue weighted by atomic mass is 16.7. The van der Waals surface area contributed by atoms with Crippen molar-refractivity contribution in [3.8, 4) is 0 Å². The van der Waals surface area contributed by atoms with E-state index in [9.17, 15) is 0 Å². The number of fused-ring (bicyclic) bond motifs is 2. The lowest BCUT2D eigenvalue weighted by Gasteiger charge is -2.24. The molecule has 0 aromatic rings. The van der Waals surface area contributed by atoms with Crippen molar-refractivity contribution in [1.82, 2.24) is 0 Å². The molecule has 64 valence electrons. The SMILES string of the molecule is C1C[C@H]2C[C@@H]1[C@]13O[C@H]1C[C@@H]1O[C@@]213. The maximum absolute atomic E-state index is 5.92. The fourth-order valence-electron chi connectivity index (χ4n) is 4.85. The van der Waals surface area contributed by atoms with E-state index in [-0.39, 0.29) is 11.2 Å². The van der Waals surface area contributed by atoms with Crippen molar-refractivity contribution >= 4 is 0 Å². The van der Waals surface area contributed by atoms with E-state index < -0.39 is 0 Å². The van der Waals surface area contributed by atoms with E-state index in [1.807, 2.05) is 0 Å². The Bertz CT molecular complexity index is 274. The van der Waals surface area contributed by atoms with Gasteiger partial charge in [0.15, 0.2) is 0 Å². The van der Waals surface area contributed by atoms with E-state index in [1.54, 1.807) is 0 Å². The Balaban J connectivity index is 1.81. The molecule has 2 saturated heterocycles. The zero-order valence-electron chi connectivity index (χ0n) is 6.95. The summed E-state index contributed by atoms with van der Waals surface area (Å²) in [6, 6.07) is 0. The van der Waals surface area contributed by atoms with Crippen LogP contribution in [0.3, 0.4) is 0 Å². The smallest absolute Gasteiger partial charge is 0.129 e. The number of ether oxygens (including phenoxy) is 2. The molecular formula is C10H12O2. The molecule has 2 bridgehead atoms. The molecule has 0 unspecified atom stereocenters. The summed E-state index contributed by atoms with van der Waals surface area (Å²) in [6.07, 6.45) is 6.69. The van der Waals surface area contributed by atoms with Crippen molar-refractivity contribution in [2.75, 3.05) is 0 Å². The van der Waals surface area contributed by atoms with E-state index >= 15 is 0 Å². The maximum Gasteiger partial charge on any atom is 0.129 e. The molecule has 2 nitrogen and oxygen atoms in total. The van der Waals surface area contributed by atoms with Gasteiger partial charge in [0.25, 0.3) is 0 Å². The van der Waals surface area contributed by atoms with E-state index in [0.717, 1.165) is 11.8 Å². The molecule has 5 rings (SSSR count). The van der Waals surface area contributed by atoms with Crippen LogP contribution in [0.2, 0.25) is 0 Å². The first-order valence-corrected chi connectivity index (χ1v) is 5.23. The summed E-state index contributed by atoms with van der Waals surface area (Å²) < 4.78 is 11.8. The second-order valence-electron chi connectivity index (χ2n) is 5.24. The molecule has 3 aliphatic carbocycles. The minimum atomic E-state index is 0.278. The molecule has 2 spiro atoms. The van der Waals surface area contributed by atoms with Gasteiger partial charge in [0, 0.05) is 6.42 Å². The van der Waals surface area contributed by atoms with Crippen LogP contribution in [0.4, 0.5) is 0 Å². The monoisotopic (exact) mass is 164 g/mol. The fraction of sp³-hybridized carbons (Fsp3) is 1.00. The lowest BCUT2D eigenvalue weighted by atomic mass is 9.79. The molecule has 0 N–H and O–H groups in total.